The Labute approximate surface area is 102 Å². The summed E-state index contributed by atoms with van der Waals surface area (Å²) in [6.45, 7) is 0.360. The molecule has 2 aromatic heterocycles. The van der Waals surface area contributed by atoms with Gasteiger partial charge in [0.25, 0.3) is 0 Å². The van der Waals surface area contributed by atoms with Crippen LogP contribution >= 0.6 is 0 Å². The first kappa shape index (κ1) is 10.8. The normalized spacial score (nSPS) is 16.7. The fourth-order valence-electron chi connectivity index (χ4n) is 1.96. The second-order valence-corrected chi connectivity index (χ2v) is 4.61. The average Bonchev–Trinajstić information content (AvgIpc) is 2.98. The average molecular weight is 247 g/mol. The zero-order valence-electron chi connectivity index (χ0n) is 9.60. The Bertz CT molecular complexity index is 617. The number of anilines is 2. The van der Waals surface area contributed by atoms with Crippen molar-refractivity contribution in [3.8, 4) is 0 Å². The first-order chi connectivity index (χ1) is 8.61. The third-order valence-electron chi connectivity index (χ3n) is 3.33. The summed E-state index contributed by atoms with van der Waals surface area (Å²) in [6.07, 6.45) is 3.15. The Morgan fingerprint density at radius 3 is 3.00 bits per heavy atom. The minimum atomic E-state index is -0.762. The maximum atomic E-state index is 11.1. The standard InChI is InChI=1S/C11H13N5O2/c12-10-15-7-6(1-4-13-7)8(16-10)14-5-11(2-3-11)9(17)18/h1,4H,2-3,5H2,(H,17,18)(H4,12,13,14,15,16). The van der Waals surface area contributed by atoms with Crippen LogP contribution in [0.15, 0.2) is 12.3 Å². The number of aliphatic carboxylic acids is 1. The third kappa shape index (κ3) is 1.64. The van der Waals surface area contributed by atoms with E-state index in [1.165, 1.54) is 0 Å². The topological polar surface area (TPSA) is 117 Å². The number of hydrogen-bond acceptors (Lipinski definition) is 5. The first-order valence-corrected chi connectivity index (χ1v) is 5.69. The Morgan fingerprint density at radius 2 is 2.33 bits per heavy atom. The number of nitrogen functional groups attached to an aromatic ring is 1. The van der Waals surface area contributed by atoms with E-state index in [2.05, 4.69) is 20.3 Å². The van der Waals surface area contributed by atoms with Crippen molar-refractivity contribution in [2.24, 2.45) is 5.41 Å². The summed E-state index contributed by atoms with van der Waals surface area (Å²) in [5, 5.41) is 13.0. The summed E-state index contributed by atoms with van der Waals surface area (Å²) in [5.74, 6) is -0.0266. The predicted molar refractivity (Wildman–Crippen MR) is 66.1 cm³/mol. The van der Waals surface area contributed by atoms with E-state index in [4.69, 9.17) is 10.8 Å². The molecule has 3 rings (SSSR count). The van der Waals surface area contributed by atoms with Gasteiger partial charge in [-0.2, -0.15) is 9.97 Å². The number of carbonyl (C=O) groups is 1. The number of nitrogens with one attached hydrogen (secondary N) is 2. The minimum absolute atomic E-state index is 0.160. The molecule has 94 valence electrons. The molecule has 0 aromatic carbocycles. The molecule has 0 spiro atoms. The third-order valence-corrected chi connectivity index (χ3v) is 3.33. The number of aromatic nitrogens is 3. The van der Waals surface area contributed by atoms with Crippen molar-refractivity contribution in [1.82, 2.24) is 15.0 Å². The molecule has 5 N–H and O–H groups in total. The van der Waals surface area contributed by atoms with Crippen LogP contribution in [-0.2, 0) is 4.79 Å². The van der Waals surface area contributed by atoms with Crippen molar-refractivity contribution in [3.63, 3.8) is 0 Å². The minimum Gasteiger partial charge on any atom is -0.481 e. The van der Waals surface area contributed by atoms with Gasteiger partial charge in [-0.25, -0.2) is 0 Å². The molecule has 0 aliphatic heterocycles. The van der Waals surface area contributed by atoms with Crippen LogP contribution in [0.1, 0.15) is 12.8 Å². The molecule has 0 amide bonds. The molecule has 18 heavy (non-hydrogen) atoms. The van der Waals surface area contributed by atoms with Crippen LogP contribution in [0.4, 0.5) is 11.8 Å². The lowest BCUT2D eigenvalue weighted by atomic mass is 10.1. The van der Waals surface area contributed by atoms with Gasteiger partial charge in [-0.05, 0) is 18.9 Å². The summed E-state index contributed by atoms with van der Waals surface area (Å²) in [7, 11) is 0. The van der Waals surface area contributed by atoms with Crippen LogP contribution in [0.2, 0.25) is 0 Å². The van der Waals surface area contributed by atoms with E-state index < -0.39 is 11.4 Å². The Kier molecular flexibility index (Phi) is 2.16. The van der Waals surface area contributed by atoms with Crippen LogP contribution in [0.3, 0.4) is 0 Å². The van der Waals surface area contributed by atoms with Gasteiger partial charge in [0.15, 0.2) is 0 Å². The second kappa shape index (κ2) is 3.59. The molecule has 0 saturated heterocycles. The molecule has 2 heterocycles. The van der Waals surface area contributed by atoms with E-state index >= 15 is 0 Å². The van der Waals surface area contributed by atoms with E-state index in [-0.39, 0.29) is 5.95 Å². The van der Waals surface area contributed by atoms with Crippen molar-refractivity contribution in [3.05, 3.63) is 12.3 Å². The SMILES string of the molecule is Nc1nc(NCC2(C(=O)O)CC2)c2cc[nH]c2n1. The van der Waals surface area contributed by atoms with Crippen molar-refractivity contribution < 1.29 is 9.90 Å². The summed E-state index contributed by atoms with van der Waals surface area (Å²) in [5.41, 5.74) is 5.61. The van der Waals surface area contributed by atoms with Gasteiger partial charge >= 0.3 is 5.97 Å². The van der Waals surface area contributed by atoms with Gasteiger partial charge < -0.3 is 21.1 Å². The predicted octanol–water partition coefficient (Wildman–Crippen LogP) is 0.817. The summed E-state index contributed by atoms with van der Waals surface area (Å²) in [4.78, 5) is 22.2. The molecule has 1 aliphatic rings. The van der Waals surface area contributed by atoms with Gasteiger partial charge in [-0.1, -0.05) is 0 Å². The van der Waals surface area contributed by atoms with Gasteiger partial charge in [0.2, 0.25) is 5.95 Å². The van der Waals surface area contributed by atoms with Gasteiger partial charge in [-0.3, -0.25) is 4.79 Å². The molecular weight excluding hydrogens is 234 g/mol. The molecule has 1 saturated carbocycles. The zero-order chi connectivity index (χ0) is 12.8. The highest BCUT2D eigenvalue weighted by Gasteiger charge is 2.50. The largest absolute Gasteiger partial charge is 0.481 e. The summed E-state index contributed by atoms with van der Waals surface area (Å²) < 4.78 is 0. The van der Waals surface area contributed by atoms with Crippen molar-refractivity contribution >= 4 is 28.8 Å². The summed E-state index contributed by atoms with van der Waals surface area (Å²) in [6, 6.07) is 1.83. The maximum absolute atomic E-state index is 11.1. The number of aromatic amines is 1. The molecule has 7 nitrogen and oxygen atoms in total. The van der Waals surface area contributed by atoms with E-state index in [0.29, 0.717) is 30.9 Å². The number of carboxylic acids is 1. The van der Waals surface area contributed by atoms with Crippen LogP contribution < -0.4 is 11.1 Å². The maximum Gasteiger partial charge on any atom is 0.311 e. The molecule has 2 aromatic rings. The highest BCUT2D eigenvalue weighted by molar-refractivity contribution is 5.88. The molecule has 0 unspecified atom stereocenters. The van der Waals surface area contributed by atoms with Gasteiger partial charge in [0.05, 0.1) is 10.8 Å². The lowest BCUT2D eigenvalue weighted by Crippen LogP contribution is -2.24. The smallest absolute Gasteiger partial charge is 0.311 e. The fourth-order valence-corrected chi connectivity index (χ4v) is 1.96. The van der Waals surface area contributed by atoms with Crippen LogP contribution in [0.5, 0.6) is 0 Å². The second-order valence-electron chi connectivity index (χ2n) is 4.61. The number of nitrogens with two attached hydrogens (primary N) is 1. The Morgan fingerprint density at radius 1 is 1.56 bits per heavy atom. The zero-order valence-corrected chi connectivity index (χ0v) is 9.60. The number of rotatable bonds is 4. The van der Waals surface area contributed by atoms with E-state index in [0.717, 1.165) is 5.39 Å². The lowest BCUT2D eigenvalue weighted by Gasteiger charge is -2.12. The quantitative estimate of drug-likeness (QED) is 0.635. The van der Waals surface area contributed by atoms with E-state index in [1.807, 2.05) is 6.07 Å². The lowest BCUT2D eigenvalue weighted by molar-refractivity contribution is -0.142. The number of carboxylic acid groups (broad SMARTS) is 1. The molecular formula is C11H13N5O2. The highest BCUT2D eigenvalue weighted by Crippen LogP contribution is 2.45. The van der Waals surface area contributed by atoms with Gasteiger partial charge in [-0.15, -0.1) is 0 Å². The monoisotopic (exact) mass is 247 g/mol. The van der Waals surface area contributed by atoms with Crippen LogP contribution in [0, 0.1) is 5.41 Å². The number of fused-ring (bicyclic) bond motifs is 1. The van der Waals surface area contributed by atoms with Crippen molar-refractivity contribution in [2.45, 2.75) is 12.8 Å². The molecule has 0 bridgehead atoms. The van der Waals surface area contributed by atoms with E-state index in [1.54, 1.807) is 6.20 Å². The number of hydrogen-bond donors (Lipinski definition) is 4. The molecule has 1 aliphatic carbocycles. The fraction of sp³-hybridized carbons (Fsp3) is 0.364. The van der Waals surface area contributed by atoms with Gasteiger partial charge in [0.1, 0.15) is 11.5 Å². The number of nitrogens with zero attached hydrogens (tertiary/aromatic N) is 2. The first-order valence-electron chi connectivity index (χ1n) is 5.69. The highest BCUT2D eigenvalue weighted by atomic mass is 16.4. The molecule has 7 heteroatoms. The number of H-pyrrole nitrogens is 1. The Balaban J connectivity index is 1.86. The Hall–Kier alpha value is -2.31. The van der Waals surface area contributed by atoms with Crippen molar-refractivity contribution in [1.29, 1.82) is 0 Å². The van der Waals surface area contributed by atoms with Crippen molar-refractivity contribution in [2.75, 3.05) is 17.6 Å². The molecule has 0 radical (unpaired) electrons. The molecule has 0 atom stereocenters. The molecule has 1 fully saturated rings. The van der Waals surface area contributed by atoms with Crippen LogP contribution in [-0.4, -0.2) is 32.6 Å². The van der Waals surface area contributed by atoms with Gasteiger partial charge in [0, 0.05) is 12.7 Å². The van der Waals surface area contributed by atoms with Crippen LogP contribution in [0.25, 0.3) is 11.0 Å². The van der Waals surface area contributed by atoms with E-state index in [9.17, 15) is 4.79 Å². The summed E-state index contributed by atoms with van der Waals surface area (Å²) >= 11 is 0.